The topological polar surface area (TPSA) is 56.0 Å². The van der Waals surface area contributed by atoms with Crippen molar-refractivity contribution in [2.24, 2.45) is 0 Å². The number of para-hydroxylation sites is 1. The van der Waals surface area contributed by atoms with E-state index in [0.717, 1.165) is 4.73 Å². The Balaban J connectivity index is 1.82. The highest BCUT2D eigenvalue weighted by molar-refractivity contribution is 7.99. The largest absolute Gasteiger partial charge is 0.618 e. The number of amides is 1. The van der Waals surface area contributed by atoms with Crippen LogP contribution in [0.4, 0.5) is 10.1 Å². The Morgan fingerprint density at radius 3 is 2.75 bits per heavy atom. The Bertz CT molecular complexity index is 607. The van der Waals surface area contributed by atoms with Gasteiger partial charge in [-0.15, -0.1) is 0 Å². The molecule has 4 nitrogen and oxygen atoms in total. The van der Waals surface area contributed by atoms with E-state index < -0.39 is 5.82 Å². The van der Waals surface area contributed by atoms with Crippen LogP contribution in [0.1, 0.15) is 6.42 Å². The third-order valence-electron chi connectivity index (χ3n) is 2.52. The molecule has 1 aromatic heterocycles. The van der Waals surface area contributed by atoms with Crippen molar-refractivity contribution < 1.29 is 13.9 Å². The summed E-state index contributed by atoms with van der Waals surface area (Å²) >= 11 is 1.29. The van der Waals surface area contributed by atoms with Crippen molar-refractivity contribution in [2.75, 3.05) is 11.1 Å². The Hall–Kier alpha value is -2.08. The molecule has 2 aromatic rings. The number of anilines is 1. The number of halogens is 1. The summed E-state index contributed by atoms with van der Waals surface area (Å²) in [5.74, 6) is -0.294. The zero-order valence-corrected chi connectivity index (χ0v) is 11.4. The van der Waals surface area contributed by atoms with Crippen molar-refractivity contribution >= 4 is 23.4 Å². The minimum absolute atomic E-state index is 0.168. The molecule has 1 N–H and O–H groups in total. The predicted molar refractivity (Wildman–Crippen MR) is 75.8 cm³/mol. The molecular formula is C14H13FN2O2S. The summed E-state index contributed by atoms with van der Waals surface area (Å²) in [7, 11) is 0. The van der Waals surface area contributed by atoms with Crippen molar-refractivity contribution in [1.82, 2.24) is 0 Å². The fraction of sp³-hybridized carbons (Fsp3) is 0.143. The minimum atomic E-state index is -0.464. The molecule has 104 valence electrons. The van der Waals surface area contributed by atoms with Crippen LogP contribution in [0, 0.1) is 11.0 Å². The van der Waals surface area contributed by atoms with Gasteiger partial charge in [0, 0.05) is 24.3 Å². The lowest BCUT2D eigenvalue weighted by Gasteiger charge is -2.06. The van der Waals surface area contributed by atoms with Crippen LogP contribution in [0.3, 0.4) is 0 Å². The fourth-order valence-corrected chi connectivity index (χ4v) is 2.41. The van der Waals surface area contributed by atoms with E-state index in [1.165, 1.54) is 30.1 Å². The number of rotatable bonds is 5. The van der Waals surface area contributed by atoms with Crippen molar-refractivity contribution in [2.45, 2.75) is 11.4 Å². The second kappa shape index (κ2) is 6.91. The van der Waals surface area contributed by atoms with E-state index in [1.807, 2.05) is 0 Å². The number of hydrogen-bond acceptors (Lipinski definition) is 3. The second-order valence-electron chi connectivity index (χ2n) is 3.99. The van der Waals surface area contributed by atoms with Gasteiger partial charge in [0.05, 0.1) is 5.69 Å². The molecule has 0 aliphatic rings. The van der Waals surface area contributed by atoms with E-state index in [-0.39, 0.29) is 18.0 Å². The van der Waals surface area contributed by atoms with Crippen molar-refractivity contribution in [3.8, 4) is 0 Å². The smallest absolute Gasteiger partial charge is 0.251 e. The van der Waals surface area contributed by atoms with E-state index in [4.69, 9.17) is 0 Å². The first-order valence-corrected chi connectivity index (χ1v) is 7.01. The van der Waals surface area contributed by atoms with Crippen LogP contribution in [0.15, 0.2) is 53.7 Å². The van der Waals surface area contributed by atoms with Gasteiger partial charge in [0.2, 0.25) is 5.91 Å². The summed E-state index contributed by atoms with van der Waals surface area (Å²) < 4.78 is 14.1. The van der Waals surface area contributed by atoms with Gasteiger partial charge >= 0.3 is 0 Å². The van der Waals surface area contributed by atoms with Crippen LogP contribution in [-0.2, 0) is 4.79 Å². The predicted octanol–water partition coefficient (Wildman–Crippen LogP) is 2.58. The Labute approximate surface area is 120 Å². The zero-order chi connectivity index (χ0) is 14.4. The second-order valence-corrected chi connectivity index (χ2v) is 5.11. The molecular weight excluding hydrogens is 279 g/mol. The van der Waals surface area contributed by atoms with Crippen molar-refractivity contribution in [3.63, 3.8) is 0 Å². The highest BCUT2D eigenvalue weighted by Crippen LogP contribution is 2.16. The van der Waals surface area contributed by atoms with Gasteiger partial charge in [-0.25, -0.2) is 4.39 Å². The maximum Gasteiger partial charge on any atom is 0.251 e. The van der Waals surface area contributed by atoms with Crippen LogP contribution < -0.4 is 10.0 Å². The monoisotopic (exact) mass is 292 g/mol. The molecule has 20 heavy (non-hydrogen) atoms. The van der Waals surface area contributed by atoms with E-state index in [9.17, 15) is 14.4 Å². The molecule has 0 saturated heterocycles. The number of thioether (sulfide) groups is 1. The third-order valence-corrected chi connectivity index (χ3v) is 3.54. The average Bonchev–Trinajstić information content (AvgIpc) is 2.43. The van der Waals surface area contributed by atoms with Gasteiger partial charge in [-0.3, -0.25) is 4.79 Å². The molecule has 0 spiro atoms. The zero-order valence-electron chi connectivity index (χ0n) is 10.6. The number of nitrogens with zero attached hydrogens (tertiary/aromatic N) is 1. The lowest BCUT2D eigenvalue weighted by atomic mass is 10.3. The van der Waals surface area contributed by atoms with Crippen LogP contribution in [0.2, 0.25) is 0 Å². The summed E-state index contributed by atoms with van der Waals surface area (Å²) in [5.41, 5.74) is 0.168. The maximum absolute atomic E-state index is 13.3. The van der Waals surface area contributed by atoms with Crippen LogP contribution in [-0.4, -0.2) is 11.7 Å². The number of carbonyl (C=O) groups excluding carboxylic acids is 1. The van der Waals surface area contributed by atoms with E-state index >= 15 is 0 Å². The summed E-state index contributed by atoms with van der Waals surface area (Å²) in [6.45, 7) is 0. The first-order chi connectivity index (χ1) is 9.66. The molecule has 0 atom stereocenters. The molecule has 0 unspecified atom stereocenters. The molecule has 1 heterocycles. The number of carbonyl (C=O) groups is 1. The van der Waals surface area contributed by atoms with Gasteiger partial charge < -0.3 is 10.5 Å². The normalized spacial score (nSPS) is 10.2. The SMILES string of the molecule is O=C(CCSc1cccc[n+]1[O-])Nc1ccccc1F. The van der Waals surface area contributed by atoms with Gasteiger partial charge in [-0.05, 0) is 18.2 Å². The third kappa shape index (κ3) is 3.96. The Kier molecular flexibility index (Phi) is 4.95. The van der Waals surface area contributed by atoms with E-state index in [2.05, 4.69) is 5.32 Å². The maximum atomic E-state index is 13.3. The summed E-state index contributed by atoms with van der Waals surface area (Å²) in [4.78, 5) is 11.7. The molecule has 0 fully saturated rings. The molecule has 6 heteroatoms. The molecule has 0 aliphatic heterocycles. The van der Waals surface area contributed by atoms with Gasteiger partial charge in [-0.2, -0.15) is 4.73 Å². The molecule has 0 aliphatic carbocycles. The summed E-state index contributed by atoms with van der Waals surface area (Å²) in [6.07, 6.45) is 1.61. The lowest BCUT2D eigenvalue weighted by molar-refractivity contribution is -0.645. The quantitative estimate of drug-likeness (QED) is 0.523. The summed E-state index contributed by atoms with van der Waals surface area (Å²) in [5, 5.41) is 14.4. The van der Waals surface area contributed by atoms with E-state index in [1.54, 1.807) is 30.3 Å². The highest BCUT2D eigenvalue weighted by Gasteiger charge is 2.09. The van der Waals surface area contributed by atoms with Gasteiger partial charge in [-0.1, -0.05) is 23.9 Å². The number of pyridine rings is 1. The molecule has 2 rings (SSSR count). The average molecular weight is 292 g/mol. The van der Waals surface area contributed by atoms with Crippen LogP contribution >= 0.6 is 11.8 Å². The molecule has 1 aromatic carbocycles. The first-order valence-electron chi connectivity index (χ1n) is 6.02. The molecule has 0 radical (unpaired) electrons. The number of aromatic nitrogens is 1. The van der Waals surface area contributed by atoms with E-state index in [0.29, 0.717) is 10.8 Å². The number of nitrogens with one attached hydrogen (secondary N) is 1. The lowest BCUT2D eigenvalue weighted by Crippen LogP contribution is -2.27. The minimum Gasteiger partial charge on any atom is -0.618 e. The van der Waals surface area contributed by atoms with Crippen molar-refractivity contribution in [3.05, 3.63) is 59.7 Å². The molecule has 0 saturated carbocycles. The first kappa shape index (κ1) is 14.3. The van der Waals surface area contributed by atoms with Crippen LogP contribution in [0.5, 0.6) is 0 Å². The van der Waals surface area contributed by atoms with Gasteiger partial charge in [0.15, 0.2) is 6.20 Å². The number of hydrogen-bond donors (Lipinski definition) is 1. The van der Waals surface area contributed by atoms with Crippen LogP contribution in [0.25, 0.3) is 0 Å². The highest BCUT2D eigenvalue weighted by atomic mass is 32.2. The van der Waals surface area contributed by atoms with Crippen molar-refractivity contribution in [1.29, 1.82) is 0 Å². The Morgan fingerprint density at radius 1 is 1.25 bits per heavy atom. The standard InChI is InChI=1S/C14H13FN2O2S/c15-11-5-1-2-6-12(11)16-13(18)8-10-20-14-7-3-4-9-17(14)19/h1-7,9H,8,10H2,(H,16,18). The summed E-state index contributed by atoms with van der Waals surface area (Å²) in [6, 6.07) is 11.1. The molecule has 1 amide bonds. The Morgan fingerprint density at radius 2 is 2.00 bits per heavy atom. The molecule has 0 bridgehead atoms. The van der Waals surface area contributed by atoms with Gasteiger partial charge in [0.1, 0.15) is 5.82 Å². The fourth-order valence-electron chi connectivity index (χ4n) is 1.55. The number of benzene rings is 1. The van der Waals surface area contributed by atoms with Gasteiger partial charge in [0.25, 0.3) is 5.03 Å².